The van der Waals surface area contributed by atoms with Gasteiger partial charge in [0.25, 0.3) is 11.8 Å². The molecule has 106 valence electrons. The minimum absolute atomic E-state index is 0.0252. The van der Waals surface area contributed by atoms with E-state index in [4.69, 9.17) is 16.0 Å². The van der Waals surface area contributed by atoms with Crippen LogP contribution in [-0.2, 0) is 0 Å². The number of amides is 1. The molecule has 0 bridgehead atoms. The first-order valence-corrected chi connectivity index (χ1v) is 7.87. The molecule has 0 radical (unpaired) electrons. The van der Waals surface area contributed by atoms with Gasteiger partial charge in [-0.05, 0) is 29.6 Å². The van der Waals surface area contributed by atoms with Gasteiger partial charge in [-0.3, -0.25) is 10.1 Å². The van der Waals surface area contributed by atoms with Crippen molar-refractivity contribution in [3.05, 3.63) is 50.1 Å². The van der Waals surface area contributed by atoms with Gasteiger partial charge in [-0.15, -0.1) is 5.10 Å². The number of carbonyl (C=O) groups excluding carboxylic acids is 1. The second-order valence-electron chi connectivity index (χ2n) is 4.00. The van der Waals surface area contributed by atoms with Crippen molar-refractivity contribution in [1.29, 1.82) is 0 Å². The first-order chi connectivity index (χ1) is 10.1. The molecule has 0 saturated heterocycles. The highest BCUT2D eigenvalue weighted by atomic mass is 79.9. The maximum Gasteiger partial charge on any atom is 0.322 e. The van der Waals surface area contributed by atoms with Crippen molar-refractivity contribution in [3.8, 4) is 11.5 Å². The van der Waals surface area contributed by atoms with E-state index in [0.717, 1.165) is 10.0 Å². The number of hydrogen-bond acceptors (Lipinski definition) is 5. The molecule has 2 heterocycles. The van der Waals surface area contributed by atoms with E-state index in [0.29, 0.717) is 16.5 Å². The van der Waals surface area contributed by atoms with Crippen LogP contribution in [0.3, 0.4) is 0 Å². The van der Waals surface area contributed by atoms with Crippen molar-refractivity contribution in [3.63, 3.8) is 0 Å². The molecule has 5 nitrogen and oxygen atoms in total. The summed E-state index contributed by atoms with van der Waals surface area (Å²) in [6, 6.07) is 6.88. The molecular formula is C13H7BrClN3O2S. The van der Waals surface area contributed by atoms with E-state index < -0.39 is 5.91 Å². The Morgan fingerprint density at radius 2 is 2.19 bits per heavy atom. The molecule has 0 unspecified atom stereocenters. The van der Waals surface area contributed by atoms with E-state index >= 15 is 0 Å². The summed E-state index contributed by atoms with van der Waals surface area (Å²) >= 11 is 10.8. The quantitative estimate of drug-likeness (QED) is 0.723. The van der Waals surface area contributed by atoms with Gasteiger partial charge in [0.1, 0.15) is 0 Å². The SMILES string of the molecule is O=C(Nc1nnc(-c2ccsc2)o1)c1cc(Br)ccc1Cl. The van der Waals surface area contributed by atoms with Crippen LogP contribution in [0.25, 0.3) is 11.5 Å². The monoisotopic (exact) mass is 383 g/mol. The normalized spacial score (nSPS) is 10.6. The summed E-state index contributed by atoms with van der Waals surface area (Å²) in [6.45, 7) is 0. The molecule has 3 rings (SSSR count). The van der Waals surface area contributed by atoms with Crippen molar-refractivity contribution in [2.45, 2.75) is 0 Å². The summed E-state index contributed by atoms with van der Waals surface area (Å²) in [7, 11) is 0. The number of rotatable bonds is 3. The Kier molecular flexibility index (Phi) is 4.05. The van der Waals surface area contributed by atoms with Crippen LogP contribution >= 0.6 is 38.9 Å². The lowest BCUT2D eigenvalue weighted by molar-refractivity contribution is 0.102. The number of hydrogen-bond donors (Lipinski definition) is 1. The summed E-state index contributed by atoms with van der Waals surface area (Å²) < 4.78 is 6.14. The molecule has 2 aromatic heterocycles. The predicted molar refractivity (Wildman–Crippen MR) is 84.7 cm³/mol. The summed E-state index contributed by atoms with van der Waals surface area (Å²) in [5.74, 6) is -0.0614. The zero-order valence-electron chi connectivity index (χ0n) is 10.3. The van der Waals surface area contributed by atoms with Crippen LogP contribution < -0.4 is 5.32 Å². The van der Waals surface area contributed by atoms with Crippen LogP contribution in [0.4, 0.5) is 6.01 Å². The zero-order valence-corrected chi connectivity index (χ0v) is 13.5. The number of nitrogens with zero attached hydrogens (tertiary/aromatic N) is 2. The third-order valence-electron chi connectivity index (χ3n) is 2.59. The predicted octanol–water partition coefficient (Wildman–Crippen LogP) is 4.47. The average molecular weight is 385 g/mol. The van der Waals surface area contributed by atoms with Crippen molar-refractivity contribution in [2.24, 2.45) is 0 Å². The van der Waals surface area contributed by atoms with Gasteiger partial charge in [-0.2, -0.15) is 11.3 Å². The Hall–Kier alpha value is -1.70. The first-order valence-electron chi connectivity index (χ1n) is 5.76. The van der Waals surface area contributed by atoms with Crippen LogP contribution in [0.5, 0.6) is 0 Å². The summed E-state index contributed by atoms with van der Waals surface area (Å²) in [4.78, 5) is 12.1. The highest BCUT2D eigenvalue weighted by Crippen LogP contribution is 2.24. The van der Waals surface area contributed by atoms with E-state index in [9.17, 15) is 4.79 Å². The standard InChI is InChI=1S/C13H7BrClN3O2S/c14-8-1-2-10(15)9(5-8)11(19)16-13-18-17-12(20-13)7-3-4-21-6-7/h1-6H,(H,16,18,19). The second kappa shape index (κ2) is 5.97. The van der Waals surface area contributed by atoms with E-state index in [1.54, 1.807) is 18.2 Å². The fourth-order valence-corrected chi connectivity index (χ4v) is 2.81. The minimum atomic E-state index is -0.415. The fraction of sp³-hybridized carbons (Fsp3) is 0. The Labute approximate surface area is 137 Å². The van der Waals surface area contributed by atoms with Crippen molar-refractivity contribution in [1.82, 2.24) is 10.2 Å². The van der Waals surface area contributed by atoms with Gasteiger partial charge in [0.15, 0.2) is 0 Å². The third-order valence-corrected chi connectivity index (χ3v) is 4.09. The van der Waals surface area contributed by atoms with E-state index in [-0.39, 0.29) is 6.01 Å². The highest BCUT2D eigenvalue weighted by molar-refractivity contribution is 9.10. The maximum absolute atomic E-state index is 12.1. The Bertz CT molecular complexity index is 789. The van der Waals surface area contributed by atoms with Crippen LogP contribution in [0.15, 0.2) is 43.9 Å². The van der Waals surface area contributed by atoms with Gasteiger partial charge in [0.2, 0.25) is 0 Å². The smallest absolute Gasteiger partial charge is 0.322 e. The second-order valence-corrected chi connectivity index (χ2v) is 6.11. The Morgan fingerprint density at radius 3 is 2.95 bits per heavy atom. The lowest BCUT2D eigenvalue weighted by Crippen LogP contribution is -2.12. The number of thiophene rings is 1. The minimum Gasteiger partial charge on any atom is -0.403 e. The molecule has 0 fully saturated rings. The number of halogens is 2. The Balaban J connectivity index is 1.80. The van der Waals surface area contributed by atoms with Gasteiger partial charge in [0.05, 0.1) is 10.6 Å². The molecule has 0 spiro atoms. The van der Waals surface area contributed by atoms with Gasteiger partial charge in [0, 0.05) is 15.4 Å². The summed E-state index contributed by atoms with van der Waals surface area (Å²) in [5.41, 5.74) is 1.13. The lowest BCUT2D eigenvalue weighted by atomic mass is 10.2. The van der Waals surface area contributed by atoms with Gasteiger partial charge in [-0.1, -0.05) is 32.6 Å². The van der Waals surface area contributed by atoms with Gasteiger partial charge >= 0.3 is 6.01 Å². The number of anilines is 1. The van der Waals surface area contributed by atoms with Gasteiger partial charge < -0.3 is 4.42 Å². The molecule has 8 heteroatoms. The lowest BCUT2D eigenvalue weighted by Gasteiger charge is -2.03. The maximum atomic E-state index is 12.1. The molecule has 0 aliphatic rings. The highest BCUT2D eigenvalue weighted by Gasteiger charge is 2.15. The molecule has 0 atom stereocenters. The van der Waals surface area contributed by atoms with Crippen LogP contribution in [0.2, 0.25) is 5.02 Å². The van der Waals surface area contributed by atoms with Crippen molar-refractivity contribution >= 4 is 50.8 Å². The van der Waals surface area contributed by atoms with E-state index in [1.165, 1.54) is 11.3 Å². The molecule has 3 aromatic rings. The number of benzene rings is 1. The topological polar surface area (TPSA) is 68.0 Å². The first kappa shape index (κ1) is 14.2. The molecule has 1 amide bonds. The van der Waals surface area contributed by atoms with E-state index in [2.05, 4.69) is 31.4 Å². The molecule has 0 saturated carbocycles. The molecule has 21 heavy (non-hydrogen) atoms. The molecule has 0 aliphatic carbocycles. The zero-order chi connectivity index (χ0) is 14.8. The Morgan fingerprint density at radius 1 is 1.33 bits per heavy atom. The summed E-state index contributed by atoms with van der Waals surface area (Å²) in [5, 5.41) is 14.3. The third kappa shape index (κ3) is 3.15. The van der Waals surface area contributed by atoms with Crippen LogP contribution in [0, 0.1) is 0 Å². The summed E-state index contributed by atoms with van der Waals surface area (Å²) in [6.07, 6.45) is 0. The van der Waals surface area contributed by atoms with Crippen LogP contribution in [-0.4, -0.2) is 16.1 Å². The van der Waals surface area contributed by atoms with Crippen molar-refractivity contribution in [2.75, 3.05) is 5.32 Å². The largest absolute Gasteiger partial charge is 0.403 e. The molecule has 1 N–H and O–H groups in total. The van der Waals surface area contributed by atoms with Crippen molar-refractivity contribution < 1.29 is 9.21 Å². The average Bonchev–Trinajstić information content (AvgIpc) is 3.11. The fourth-order valence-electron chi connectivity index (χ4n) is 1.61. The molecule has 1 aromatic carbocycles. The van der Waals surface area contributed by atoms with E-state index in [1.807, 2.05) is 16.8 Å². The van der Waals surface area contributed by atoms with Crippen LogP contribution in [0.1, 0.15) is 10.4 Å². The van der Waals surface area contributed by atoms with Gasteiger partial charge in [-0.25, -0.2) is 0 Å². The molecular weight excluding hydrogens is 378 g/mol. The molecule has 0 aliphatic heterocycles. The number of carbonyl (C=O) groups is 1. The number of nitrogens with one attached hydrogen (secondary N) is 1. The number of aromatic nitrogens is 2.